The summed E-state index contributed by atoms with van der Waals surface area (Å²) >= 11 is 3.20. The molecule has 0 bridgehead atoms. The molecule has 0 aliphatic carbocycles. The van der Waals surface area contributed by atoms with Crippen molar-refractivity contribution in [2.24, 2.45) is 0 Å². The molecule has 0 radical (unpaired) electrons. The first-order chi connectivity index (χ1) is 12.0. The average molecular weight is 417 g/mol. The van der Waals surface area contributed by atoms with E-state index in [-0.39, 0.29) is 16.4 Å². The maximum atomic E-state index is 12.3. The van der Waals surface area contributed by atoms with Crippen molar-refractivity contribution in [3.05, 3.63) is 94.5 Å². The Hall–Kier alpha value is -2.44. The van der Waals surface area contributed by atoms with Gasteiger partial charge in [-0.15, -0.1) is 0 Å². The molecule has 6 heteroatoms. The molecular formula is C19H13BrO4S. The van der Waals surface area contributed by atoms with Gasteiger partial charge in [-0.25, -0.2) is 0 Å². The maximum Gasteiger partial charge on any atom is 0.340 e. The van der Waals surface area contributed by atoms with Crippen LogP contribution in [0.1, 0.15) is 15.9 Å². The highest BCUT2D eigenvalue weighted by molar-refractivity contribution is 9.10. The fraction of sp³-hybridized carbons (Fsp3) is 0. The normalized spacial score (nSPS) is 11.1. The lowest BCUT2D eigenvalue weighted by Crippen LogP contribution is -2.10. The van der Waals surface area contributed by atoms with E-state index in [1.54, 1.807) is 54.6 Å². The van der Waals surface area contributed by atoms with Crippen LogP contribution in [-0.4, -0.2) is 14.2 Å². The third-order valence-corrected chi connectivity index (χ3v) is 5.72. The molecule has 0 atom stereocenters. The SMILES string of the molecule is O=C(c1ccccc1)c1ccc(OS(=O)(=O)c2ccccc2Br)cc1. The monoisotopic (exact) mass is 416 g/mol. The Morgan fingerprint density at radius 2 is 1.32 bits per heavy atom. The molecule has 0 aromatic heterocycles. The highest BCUT2D eigenvalue weighted by Crippen LogP contribution is 2.25. The second kappa shape index (κ2) is 7.21. The van der Waals surface area contributed by atoms with Crippen LogP contribution < -0.4 is 4.18 Å². The molecule has 0 saturated carbocycles. The first-order valence-electron chi connectivity index (χ1n) is 7.36. The third kappa shape index (κ3) is 3.97. The molecule has 0 amide bonds. The van der Waals surface area contributed by atoms with Gasteiger partial charge in [-0.3, -0.25) is 4.79 Å². The van der Waals surface area contributed by atoms with Crippen LogP contribution in [0.15, 0.2) is 88.2 Å². The summed E-state index contributed by atoms with van der Waals surface area (Å²) in [5, 5.41) is 0. The molecule has 0 unspecified atom stereocenters. The molecule has 3 aromatic carbocycles. The van der Waals surface area contributed by atoms with Gasteiger partial charge >= 0.3 is 10.1 Å². The topological polar surface area (TPSA) is 60.4 Å². The van der Waals surface area contributed by atoms with Gasteiger partial charge in [0.1, 0.15) is 10.6 Å². The second-order valence-electron chi connectivity index (χ2n) is 5.19. The van der Waals surface area contributed by atoms with Gasteiger partial charge in [-0.05, 0) is 52.3 Å². The third-order valence-electron chi connectivity index (χ3n) is 3.46. The maximum absolute atomic E-state index is 12.3. The smallest absolute Gasteiger partial charge is 0.340 e. The van der Waals surface area contributed by atoms with E-state index in [1.165, 1.54) is 18.2 Å². The van der Waals surface area contributed by atoms with E-state index in [2.05, 4.69) is 15.9 Å². The van der Waals surface area contributed by atoms with Gasteiger partial charge < -0.3 is 4.18 Å². The van der Waals surface area contributed by atoms with Crippen molar-refractivity contribution in [2.75, 3.05) is 0 Å². The molecule has 0 aliphatic rings. The molecule has 0 aliphatic heterocycles. The zero-order valence-electron chi connectivity index (χ0n) is 12.9. The number of benzene rings is 3. The van der Waals surface area contributed by atoms with Gasteiger partial charge in [0, 0.05) is 15.6 Å². The van der Waals surface area contributed by atoms with Crippen molar-refractivity contribution in [1.29, 1.82) is 0 Å². The summed E-state index contributed by atoms with van der Waals surface area (Å²) in [6, 6.07) is 21.3. The molecule has 25 heavy (non-hydrogen) atoms. The van der Waals surface area contributed by atoms with E-state index in [0.717, 1.165) is 0 Å². The lowest BCUT2D eigenvalue weighted by atomic mass is 10.0. The Morgan fingerprint density at radius 1 is 0.760 bits per heavy atom. The zero-order chi connectivity index (χ0) is 17.9. The number of hydrogen-bond donors (Lipinski definition) is 0. The first kappa shape index (κ1) is 17.4. The molecule has 4 nitrogen and oxygen atoms in total. The average Bonchev–Trinajstić information content (AvgIpc) is 2.62. The summed E-state index contributed by atoms with van der Waals surface area (Å²) < 4.78 is 30.2. The standard InChI is InChI=1S/C19H13BrO4S/c20-17-8-4-5-9-18(17)25(22,23)24-16-12-10-15(11-13-16)19(21)14-6-2-1-3-7-14/h1-13H. The summed E-state index contributed by atoms with van der Waals surface area (Å²) in [7, 11) is -3.96. The van der Waals surface area contributed by atoms with Gasteiger partial charge in [0.15, 0.2) is 5.78 Å². The van der Waals surface area contributed by atoms with E-state index in [9.17, 15) is 13.2 Å². The molecule has 0 spiro atoms. The fourth-order valence-corrected chi connectivity index (χ4v) is 4.12. The van der Waals surface area contributed by atoms with Crippen LogP contribution in [0, 0.1) is 0 Å². The highest BCUT2D eigenvalue weighted by atomic mass is 79.9. The van der Waals surface area contributed by atoms with E-state index >= 15 is 0 Å². The molecule has 0 N–H and O–H groups in total. The number of rotatable bonds is 5. The van der Waals surface area contributed by atoms with Crippen molar-refractivity contribution in [1.82, 2.24) is 0 Å². The molecule has 126 valence electrons. The number of hydrogen-bond acceptors (Lipinski definition) is 4. The minimum atomic E-state index is -3.96. The minimum absolute atomic E-state index is 0.0411. The molecule has 3 aromatic rings. The van der Waals surface area contributed by atoms with Crippen molar-refractivity contribution in [2.45, 2.75) is 4.90 Å². The zero-order valence-corrected chi connectivity index (χ0v) is 15.3. The van der Waals surface area contributed by atoms with Gasteiger partial charge in [0.2, 0.25) is 0 Å². The predicted molar refractivity (Wildman–Crippen MR) is 98.3 cm³/mol. The Balaban J connectivity index is 1.82. The molecule has 0 fully saturated rings. The van der Waals surface area contributed by atoms with Gasteiger partial charge in [0.25, 0.3) is 0 Å². The molecule has 0 saturated heterocycles. The van der Waals surface area contributed by atoms with E-state index in [0.29, 0.717) is 15.6 Å². The molecular weight excluding hydrogens is 404 g/mol. The molecule has 3 rings (SSSR count). The van der Waals surface area contributed by atoms with Gasteiger partial charge in [-0.2, -0.15) is 8.42 Å². The van der Waals surface area contributed by atoms with Crippen molar-refractivity contribution in [3.8, 4) is 5.75 Å². The predicted octanol–water partition coefficient (Wildman–Crippen LogP) is 4.45. The highest BCUT2D eigenvalue weighted by Gasteiger charge is 2.19. The van der Waals surface area contributed by atoms with Gasteiger partial charge in [-0.1, -0.05) is 42.5 Å². The summed E-state index contributed by atoms with van der Waals surface area (Å²) in [4.78, 5) is 12.4. The lowest BCUT2D eigenvalue weighted by Gasteiger charge is -2.09. The molecule has 0 heterocycles. The largest absolute Gasteiger partial charge is 0.379 e. The summed E-state index contributed by atoms with van der Waals surface area (Å²) in [5.74, 6) is 0.00109. The lowest BCUT2D eigenvalue weighted by molar-refractivity contribution is 0.103. The Bertz CT molecular complexity index is 997. The van der Waals surface area contributed by atoms with Crippen LogP contribution in [0.2, 0.25) is 0 Å². The van der Waals surface area contributed by atoms with Crippen LogP contribution in [0.4, 0.5) is 0 Å². The van der Waals surface area contributed by atoms with E-state index in [4.69, 9.17) is 4.18 Å². The number of carbonyl (C=O) groups excluding carboxylic acids is 1. The Morgan fingerprint density at radius 3 is 1.96 bits per heavy atom. The Labute approximate surface area is 154 Å². The summed E-state index contributed by atoms with van der Waals surface area (Å²) in [5.41, 5.74) is 1.02. The number of ketones is 1. The number of carbonyl (C=O) groups is 1. The Kier molecular flexibility index (Phi) is 5.01. The first-order valence-corrected chi connectivity index (χ1v) is 9.56. The van der Waals surface area contributed by atoms with Crippen molar-refractivity contribution in [3.63, 3.8) is 0 Å². The van der Waals surface area contributed by atoms with Crippen LogP contribution in [0.25, 0.3) is 0 Å². The van der Waals surface area contributed by atoms with Crippen LogP contribution in [0.3, 0.4) is 0 Å². The summed E-state index contributed by atoms with van der Waals surface area (Å²) in [6.45, 7) is 0. The van der Waals surface area contributed by atoms with E-state index < -0.39 is 10.1 Å². The van der Waals surface area contributed by atoms with Crippen molar-refractivity contribution >= 4 is 31.8 Å². The van der Waals surface area contributed by atoms with Gasteiger partial charge in [0.05, 0.1) is 0 Å². The minimum Gasteiger partial charge on any atom is -0.379 e. The van der Waals surface area contributed by atoms with Crippen LogP contribution >= 0.6 is 15.9 Å². The number of halogens is 1. The van der Waals surface area contributed by atoms with Crippen LogP contribution in [0.5, 0.6) is 5.75 Å². The quantitative estimate of drug-likeness (QED) is 0.455. The summed E-state index contributed by atoms with van der Waals surface area (Å²) in [6.07, 6.45) is 0. The second-order valence-corrected chi connectivity index (χ2v) is 7.56. The van der Waals surface area contributed by atoms with Crippen LogP contribution in [-0.2, 0) is 10.1 Å². The fourth-order valence-electron chi connectivity index (χ4n) is 2.24. The van der Waals surface area contributed by atoms with Crippen molar-refractivity contribution < 1.29 is 17.4 Å². The van der Waals surface area contributed by atoms with E-state index in [1.807, 2.05) is 6.07 Å².